The first-order valence-corrected chi connectivity index (χ1v) is 5.78. The van der Waals surface area contributed by atoms with Gasteiger partial charge >= 0.3 is 0 Å². The fourth-order valence-corrected chi connectivity index (χ4v) is 2.12. The smallest absolute Gasteiger partial charge is 0.164 e. The first-order chi connectivity index (χ1) is 7.77. The van der Waals surface area contributed by atoms with Crippen molar-refractivity contribution in [3.05, 3.63) is 23.8 Å². The lowest BCUT2D eigenvalue weighted by molar-refractivity contribution is 0.305. The van der Waals surface area contributed by atoms with Gasteiger partial charge in [0, 0.05) is 17.5 Å². The highest BCUT2D eigenvalue weighted by molar-refractivity contribution is 5.52. The van der Waals surface area contributed by atoms with Gasteiger partial charge in [-0.2, -0.15) is 0 Å². The van der Waals surface area contributed by atoms with Gasteiger partial charge in [-0.25, -0.2) is 0 Å². The summed E-state index contributed by atoms with van der Waals surface area (Å²) in [5.41, 5.74) is 7.20. The SMILES string of the molecule is CCOc1c(OC)cccc1C1(CN)CC1. The van der Waals surface area contributed by atoms with Crippen molar-refractivity contribution in [3.63, 3.8) is 0 Å². The third kappa shape index (κ3) is 1.76. The van der Waals surface area contributed by atoms with Crippen LogP contribution in [0.2, 0.25) is 0 Å². The van der Waals surface area contributed by atoms with Gasteiger partial charge in [0.2, 0.25) is 0 Å². The standard InChI is InChI=1S/C13H19NO2/c1-3-16-12-10(13(9-14)7-8-13)5-4-6-11(12)15-2/h4-6H,3,7-9,14H2,1-2H3. The summed E-state index contributed by atoms with van der Waals surface area (Å²) in [4.78, 5) is 0. The van der Waals surface area contributed by atoms with Gasteiger partial charge in [0.1, 0.15) is 0 Å². The molecule has 0 aromatic heterocycles. The fourth-order valence-electron chi connectivity index (χ4n) is 2.12. The molecule has 0 saturated heterocycles. The van der Waals surface area contributed by atoms with Crippen molar-refractivity contribution >= 4 is 0 Å². The number of hydrogen-bond acceptors (Lipinski definition) is 3. The Kier molecular flexibility index (Phi) is 3.06. The van der Waals surface area contributed by atoms with Gasteiger partial charge in [-0.3, -0.25) is 0 Å². The number of benzene rings is 1. The van der Waals surface area contributed by atoms with Crippen LogP contribution in [0.1, 0.15) is 25.3 Å². The van der Waals surface area contributed by atoms with Gasteiger partial charge in [0.05, 0.1) is 13.7 Å². The van der Waals surface area contributed by atoms with Gasteiger partial charge in [-0.15, -0.1) is 0 Å². The molecule has 16 heavy (non-hydrogen) atoms. The van der Waals surface area contributed by atoms with Crippen molar-refractivity contribution in [2.75, 3.05) is 20.3 Å². The van der Waals surface area contributed by atoms with Gasteiger partial charge in [0.25, 0.3) is 0 Å². The highest BCUT2D eigenvalue weighted by Gasteiger charge is 2.45. The Balaban J connectivity index is 2.43. The first-order valence-electron chi connectivity index (χ1n) is 5.78. The van der Waals surface area contributed by atoms with E-state index in [1.165, 1.54) is 5.56 Å². The summed E-state index contributed by atoms with van der Waals surface area (Å²) in [6, 6.07) is 6.04. The maximum absolute atomic E-state index is 5.86. The minimum atomic E-state index is 0.138. The van der Waals surface area contributed by atoms with E-state index in [1.54, 1.807) is 7.11 Å². The summed E-state index contributed by atoms with van der Waals surface area (Å²) in [6.45, 7) is 3.31. The second-order valence-corrected chi connectivity index (χ2v) is 4.25. The Bertz CT molecular complexity index is 372. The van der Waals surface area contributed by atoms with E-state index in [0.29, 0.717) is 13.2 Å². The minimum Gasteiger partial charge on any atom is -0.493 e. The number of para-hydroxylation sites is 1. The molecule has 1 aliphatic carbocycles. The number of ether oxygens (including phenoxy) is 2. The molecule has 1 aromatic rings. The van der Waals surface area contributed by atoms with E-state index in [4.69, 9.17) is 15.2 Å². The van der Waals surface area contributed by atoms with Crippen LogP contribution in [0.5, 0.6) is 11.5 Å². The molecular weight excluding hydrogens is 202 g/mol. The van der Waals surface area contributed by atoms with Crippen LogP contribution < -0.4 is 15.2 Å². The molecule has 0 atom stereocenters. The maximum atomic E-state index is 5.86. The van der Waals surface area contributed by atoms with Crippen molar-refractivity contribution in [3.8, 4) is 11.5 Å². The normalized spacial score (nSPS) is 16.9. The summed E-state index contributed by atoms with van der Waals surface area (Å²) in [6.07, 6.45) is 2.30. The molecule has 1 saturated carbocycles. The predicted octanol–water partition coefficient (Wildman–Crippen LogP) is 2.08. The number of hydrogen-bond donors (Lipinski definition) is 1. The molecule has 0 bridgehead atoms. The lowest BCUT2D eigenvalue weighted by Crippen LogP contribution is -2.20. The first kappa shape index (κ1) is 11.3. The largest absolute Gasteiger partial charge is 0.493 e. The van der Waals surface area contributed by atoms with Gasteiger partial charge < -0.3 is 15.2 Å². The third-order valence-corrected chi connectivity index (χ3v) is 3.30. The van der Waals surface area contributed by atoms with Crippen LogP contribution in [0.4, 0.5) is 0 Å². The summed E-state index contributed by atoms with van der Waals surface area (Å²) in [5.74, 6) is 1.68. The zero-order chi connectivity index (χ0) is 11.6. The van der Waals surface area contributed by atoms with E-state index in [2.05, 4.69) is 6.07 Å². The molecule has 1 aromatic carbocycles. The van der Waals surface area contributed by atoms with E-state index < -0.39 is 0 Å². The lowest BCUT2D eigenvalue weighted by Gasteiger charge is -2.19. The van der Waals surface area contributed by atoms with Crippen LogP contribution in [-0.4, -0.2) is 20.3 Å². The minimum absolute atomic E-state index is 0.138. The quantitative estimate of drug-likeness (QED) is 0.828. The molecule has 0 radical (unpaired) electrons. The van der Waals surface area contributed by atoms with Crippen molar-refractivity contribution in [1.82, 2.24) is 0 Å². The van der Waals surface area contributed by atoms with Crippen LogP contribution in [0, 0.1) is 0 Å². The maximum Gasteiger partial charge on any atom is 0.164 e. The van der Waals surface area contributed by atoms with Crippen molar-refractivity contribution in [2.45, 2.75) is 25.2 Å². The second-order valence-electron chi connectivity index (χ2n) is 4.25. The van der Waals surface area contributed by atoms with Crippen molar-refractivity contribution in [1.29, 1.82) is 0 Å². The molecule has 0 amide bonds. The molecule has 0 unspecified atom stereocenters. The Morgan fingerprint density at radius 1 is 1.38 bits per heavy atom. The molecule has 0 aliphatic heterocycles. The Morgan fingerprint density at radius 2 is 2.12 bits per heavy atom. The molecule has 2 rings (SSSR count). The zero-order valence-corrected chi connectivity index (χ0v) is 9.95. The van der Waals surface area contributed by atoms with Crippen LogP contribution in [0.25, 0.3) is 0 Å². The summed E-state index contributed by atoms with van der Waals surface area (Å²) >= 11 is 0. The molecular formula is C13H19NO2. The average molecular weight is 221 g/mol. The number of nitrogens with two attached hydrogens (primary N) is 1. The van der Waals surface area contributed by atoms with E-state index >= 15 is 0 Å². The number of methoxy groups -OCH3 is 1. The van der Waals surface area contributed by atoms with Crippen LogP contribution in [0.3, 0.4) is 0 Å². The fraction of sp³-hybridized carbons (Fsp3) is 0.538. The van der Waals surface area contributed by atoms with E-state index in [1.807, 2.05) is 19.1 Å². The highest BCUT2D eigenvalue weighted by atomic mass is 16.5. The van der Waals surface area contributed by atoms with Gasteiger partial charge in [-0.1, -0.05) is 12.1 Å². The molecule has 88 valence electrons. The Morgan fingerprint density at radius 3 is 2.62 bits per heavy atom. The van der Waals surface area contributed by atoms with Crippen LogP contribution in [0.15, 0.2) is 18.2 Å². The van der Waals surface area contributed by atoms with Crippen molar-refractivity contribution in [2.24, 2.45) is 5.73 Å². The molecule has 1 aliphatic rings. The van der Waals surface area contributed by atoms with Crippen LogP contribution >= 0.6 is 0 Å². The Labute approximate surface area is 96.5 Å². The second kappa shape index (κ2) is 4.34. The summed E-state index contributed by atoms with van der Waals surface area (Å²) in [7, 11) is 1.67. The molecule has 0 heterocycles. The lowest BCUT2D eigenvalue weighted by atomic mass is 9.95. The Hall–Kier alpha value is -1.22. The van der Waals surface area contributed by atoms with E-state index in [-0.39, 0.29) is 5.41 Å². The highest BCUT2D eigenvalue weighted by Crippen LogP contribution is 2.52. The number of rotatable bonds is 5. The van der Waals surface area contributed by atoms with E-state index in [0.717, 1.165) is 24.3 Å². The van der Waals surface area contributed by atoms with Gasteiger partial charge in [0.15, 0.2) is 11.5 Å². The molecule has 2 N–H and O–H groups in total. The molecule has 1 fully saturated rings. The average Bonchev–Trinajstić information content (AvgIpc) is 3.10. The van der Waals surface area contributed by atoms with Crippen LogP contribution in [-0.2, 0) is 5.41 Å². The summed E-state index contributed by atoms with van der Waals surface area (Å²) < 4.78 is 11.0. The zero-order valence-electron chi connectivity index (χ0n) is 9.95. The monoisotopic (exact) mass is 221 g/mol. The predicted molar refractivity (Wildman–Crippen MR) is 64.1 cm³/mol. The van der Waals surface area contributed by atoms with Gasteiger partial charge in [-0.05, 0) is 25.8 Å². The molecule has 3 nitrogen and oxygen atoms in total. The van der Waals surface area contributed by atoms with E-state index in [9.17, 15) is 0 Å². The molecule has 3 heteroatoms. The molecule has 0 spiro atoms. The topological polar surface area (TPSA) is 44.5 Å². The summed E-state index contributed by atoms with van der Waals surface area (Å²) in [5, 5.41) is 0. The third-order valence-electron chi connectivity index (χ3n) is 3.30. The van der Waals surface area contributed by atoms with Crippen molar-refractivity contribution < 1.29 is 9.47 Å².